The standard InChI is InChI=1S/C14H16N2OS/c1-11(17)12-4-3-5-14(10-12)18-9-7-13-6-8-15-16(13)2/h3-6,8,10H,7,9H2,1-2H3. The van der Waals surface area contributed by atoms with Crippen LogP contribution in [0.15, 0.2) is 41.4 Å². The second-order valence-corrected chi connectivity index (χ2v) is 5.30. The average molecular weight is 260 g/mol. The summed E-state index contributed by atoms with van der Waals surface area (Å²) in [7, 11) is 1.95. The molecule has 0 aliphatic rings. The van der Waals surface area contributed by atoms with Crippen molar-refractivity contribution in [3.63, 3.8) is 0 Å². The topological polar surface area (TPSA) is 34.9 Å². The molecule has 0 amide bonds. The van der Waals surface area contributed by atoms with Gasteiger partial charge in [-0.1, -0.05) is 12.1 Å². The van der Waals surface area contributed by atoms with Crippen molar-refractivity contribution >= 4 is 17.5 Å². The fourth-order valence-electron chi connectivity index (χ4n) is 1.72. The molecule has 0 N–H and O–H groups in total. The highest BCUT2D eigenvalue weighted by atomic mass is 32.2. The van der Waals surface area contributed by atoms with E-state index in [2.05, 4.69) is 5.10 Å². The van der Waals surface area contributed by atoms with E-state index in [4.69, 9.17) is 0 Å². The molecule has 0 saturated carbocycles. The van der Waals surface area contributed by atoms with Crippen LogP contribution in [0.4, 0.5) is 0 Å². The number of rotatable bonds is 5. The van der Waals surface area contributed by atoms with Crippen LogP contribution in [-0.2, 0) is 13.5 Å². The SMILES string of the molecule is CC(=O)c1cccc(SCCc2ccnn2C)c1. The number of Topliss-reactive ketones (excluding diaryl/α,β-unsaturated/α-hetero) is 1. The minimum Gasteiger partial charge on any atom is -0.295 e. The minimum absolute atomic E-state index is 0.115. The maximum absolute atomic E-state index is 11.3. The molecule has 0 saturated heterocycles. The molecule has 0 atom stereocenters. The summed E-state index contributed by atoms with van der Waals surface area (Å²) in [6.07, 6.45) is 2.79. The van der Waals surface area contributed by atoms with E-state index in [1.807, 2.05) is 48.3 Å². The number of benzene rings is 1. The van der Waals surface area contributed by atoms with Crippen molar-refractivity contribution in [1.29, 1.82) is 0 Å². The summed E-state index contributed by atoms with van der Waals surface area (Å²) in [6.45, 7) is 1.60. The predicted octanol–water partition coefficient (Wildman–Crippen LogP) is 2.96. The van der Waals surface area contributed by atoms with Crippen LogP contribution in [0.5, 0.6) is 0 Å². The minimum atomic E-state index is 0.115. The van der Waals surface area contributed by atoms with Gasteiger partial charge in [0.2, 0.25) is 0 Å². The number of hydrogen-bond acceptors (Lipinski definition) is 3. The summed E-state index contributed by atoms with van der Waals surface area (Å²) < 4.78 is 1.90. The summed E-state index contributed by atoms with van der Waals surface area (Å²) in [5.41, 5.74) is 2.01. The maximum atomic E-state index is 11.3. The Labute approximate surface area is 111 Å². The molecule has 0 radical (unpaired) electrons. The zero-order valence-electron chi connectivity index (χ0n) is 10.6. The quantitative estimate of drug-likeness (QED) is 0.612. The second kappa shape index (κ2) is 5.87. The third-order valence-electron chi connectivity index (χ3n) is 2.79. The lowest BCUT2D eigenvalue weighted by Crippen LogP contribution is -1.99. The van der Waals surface area contributed by atoms with Gasteiger partial charge in [-0.05, 0) is 31.5 Å². The maximum Gasteiger partial charge on any atom is 0.159 e. The molecule has 2 rings (SSSR count). The molecular weight excluding hydrogens is 244 g/mol. The van der Waals surface area contributed by atoms with Crippen molar-refractivity contribution in [2.24, 2.45) is 7.05 Å². The highest BCUT2D eigenvalue weighted by molar-refractivity contribution is 7.99. The first kappa shape index (κ1) is 12.9. The number of nitrogens with zero attached hydrogens (tertiary/aromatic N) is 2. The van der Waals surface area contributed by atoms with Gasteiger partial charge in [-0.2, -0.15) is 5.10 Å². The number of hydrogen-bond donors (Lipinski definition) is 0. The van der Waals surface area contributed by atoms with E-state index >= 15 is 0 Å². The van der Waals surface area contributed by atoms with E-state index < -0.39 is 0 Å². The molecule has 0 unspecified atom stereocenters. The Morgan fingerprint density at radius 1 is 1.39 bits per heavy atom. The van der Waals surface area contributed by atoms with Gasteiger partial charge in [-0.15, -0.1) is 11.8 Å². The zero-order chi connectivity index (χ0) is 13.0. The Balaban J connectivity index is 1.92. The molecule has 0 fully saturated rings. The van der Waals surface area contributed by atoms with E-state index in [0.717, 1.165) is 22.6 Å². The lowest BCUT2D eigenvalue weighted by molar-refractivity contribution is 0.101. The Morgan fingerprint density at radius 3 is 2.89 bits per heavy atom. The van der Waals surface area contributed by atoms with Crippen LogP contribution in [0.2, 0.25) is 0 Å². The van der Waals surface area contributed by atoms with Crippen LogP contribution in [-0.4, -0.2) is 21.3 Å². The first-order valence-electron chi connectivity index (χ1n) is 5.87. The van der Waals surface area contributed by atoms with Crippen LogP contribution >= 0.6 is 11.8 Å². The summed E-state index contributed by atoms with van der Waals surface area (Å²) >= 11 is 1.77. The van der Waals surface area contributed by atoms with Crippen LogP contribution in [0, 0.1) is 0 Å². The Bertz CT molecular complexity index is 548. The Kier molecular flexibility index (Phi) is 4.20. The molecule has 2 aromatic rings. The van der Waals surface area contributed by atoms with Crippen molar-refractivity contribution in [3.05, 3.63) is 47.8 Å². The van der Waals surface area contributed by atoms with Gasteiger partial charge >= 0.3 is 0 Å². The molecule has 1 heterocycles. The van der Waals surface area contributed by atoms with E-state index in [0.29, 0.717) is 0 Å². The molecule has 0 spiro atoms. The van der Waals surface area contributed by atoms with Crippen molar-refractivity contribution < 1.29 is 4.79 Å². The van der Waals surface area contributed by atoms with Crippen molar-refractivity contribution in [1.82, 2.24) is 9.78 Å². The summed E-state index contributed by atoms with van der Waals surface area (Å²) in [5.74, 6) is 1.10. The van der Waals surface area contributed by atoms with E-state index in [9.17, 15) is 4.79 Å². The van der Waals surface area contributed by atoms with Crippen LogP contribution in [0.3, 0.4) is 0 Å². The zero-order valence-corrected chi connectivity index (χ0v) is 11.4. The van der Waals surface area contributed by atoms with E-state index in [1.54, 1.807) is 18.7 Å². The Hall–Kier alpha value is -1.55. The van der Waals surface area contributed by atoms with Crippen LogP contribution < -0.4 is 0 Å². The van der Waals surface area contributed by atoms with Crippen molar-refractivity contribution in [2.45, 2.75) is 18.2 Å². The lowest BCUT2D eigenvalue weighted by Gasteiger charge is -2.04. The van der Waals surface area contributed by atoms with Gasteiger partial charge in [0.05, 0.1) is 0 Å². The molecule has 18 heavy (non-hydrogen) atoms. The first-order valence-corrected chi connectivity index (χ1v) is 6.86. The van der Waals surface area contributed by atoms with Gasteiger partial charge in [0.1, 0.15) is 0 Å². The Morgan fingerprint density at radius 2 is 2.22 bits per heavy atom. The molecule has 3 nitrogen and oxygen atoms in total. The van der Waals surface area contributed by atoms with Gasteiger partial charge in [-0.3, -0.25) is 9.48 Å². The number of carbonyl (C=O) groups is 1. The van der Waals surface area contributed by atoms with Gasteiger partial charge in [0.15, 0.2) is 5.78 Å². The van der Waals surface area contributed by atoms with Gasteiger partial charge in [0.25, 0.3) is 0 Å². The van der Waals surface area contributed by atoms with Crippen molar-refractivity contribution in [3.8, 4) is 0 Å². The van der Waals surface area contributed by atoms with Gasteiger partial charge in [0, 0.05) is 35.2 Å². The van der Waals surface area contributed by atoms with E-state index in [1.165, 1.54) is 5.69 Å². The number of aryl methyl sites for hydroxylation is 2. The average Bonchev–Trinajstić information content (AvgIpc) is 2.76. The third-order valence-corrected chi connectivity index (χ3v) is 3.79. The highest BCUT2D eigenvalue weighted by Crippen LogP contribution is 2.20. The number of carbonyl (C=O) groups excluding carboxylic acids is 1. The monoisotopic (exact) mass is 260 g/mol. The van der Waals surface area contributed by atoms with Gasteiger partial charge in [-0.25, -0.2) is 0 Å². The molecule has 1 aromatic heterocycles. The fourth-order valence-corrected chi connectivity index (χ4v) is 2.66. The molecular formula is C14H16N2OS. The second-order valence-electron chi connectivity index (χ2n) is 4.13. The van der Waals surface area contributed by atoms with Crippen molar-refractivity contribution in [2.75, 3.05) is 5.75 Å². The number of aromatic nitrogens is 2. The molecule has 4 heteroatoms. The van der Waals surface area contributed by atoms with E-state index in [-0.39, 0.29) is 5.78 Å². The molecule has 0 aliphatic carbocycles. The third kappa shape index (κ3) is 3.23. The van der Waals surface area contributed by atoms with Crippen LogP contribution in [0.1, 0.15) is 23.0 Å². The molecule has 0 bridgehead atoms. The molecule has 94 valence electrons. The highest BCUT2D eigenvalue weighted by Gasteiger charge is 2.02. The first-order chi connectivity index (χ1) is 8.66. The normalized spacial score (nSPS) is 10.6. The molecule has 1 aromatic carbocycles. The number of ketones is 1. The number of thioether (sulfide) groups is 1. The lowest BCUT2D eigenvalue weighted by atomic mass is 10.2. The van der Waals surface area contributed by atoms with Crippen LogP contribution in [0.25, 0.3) is 0 Å². The largest absolute Gasteiger partial charge is 0.295 e. The summed E-state index contributed by atoms with van der Waals surface area (Å²) in [5, 5.41) is 4.14. The molecule has 0 aliphatic heterocycles. The van der Waals surface area contributed by atoms with Gasteiger partial charge < -0.3 is 0 Å². The smallest absolute Gasteiger partial charge is 0.159 e. The predicted molar refractivity (Wildman–Crippen MR) is 74.1 cm³/mol. The summed E-state index contributed by atoms with van der Waals surface area (Å²) in [6, 6.07) is 9.82. The fraction of sp³-hybridized carbons (Fsp3) is 0.286. The summed E-state index contributed by atoms with van der Waals surface area (Å²) in [4.78, 5) is 12.4.